The van der Waals surface area contributed by atoms with Gasteiger partial charge in [-0.15, -0.1) is 0 Å². The van der Waals surface area contributed by atoms with Gasteiger partial charge in [-0.25, -0.2) is 14.6 Å². The molecule has 0 bridgehead atoms. The summed E-state index contributed by atoms with van der Waals surface area (Å²) in [5.74, 6) is -5.02. The van der Waals surface area contributed by atoms with Crippen LogP contribution in [-0.4, -0.2) is 62.9 Å². The van der Waals surface area contributed by atoms with Gasteiger partial charge < -0.3 is 10.2 Å². The third-order valence-corrected chi connectivity index (χ3v) is 2.29. The summed E-state index contributed by atoms with van der Waals surface area (Å²) in [6.07, 6.45) is 1.10. The van der Waals surface area contributed by atoms with E-state index < -0.39 is 48.4 Å². The van der Waals surface area contributed by atoms with Crippen LogP contribution in [0.3, 0.4) is 0 Å². The Morgan fingerprint density at radius 1 is 1.00 bits per heavy atom. The number of carboxylic acids is 2. The predicted octanol–water partition coefficient (Wildman–Crippen LogP) is -1.11. The first-order chi connectivity index (χ1) is 8.79. The first-order valence-electron chi connectivity index (χ1n) is 5.07. The second-order valence-corrected chi connectivity index (χ2v) is 3.55. The Balaban J connectivity index is 3.17. The van der Waals surface area contributed by atoms with Crippen molar-refractivity contribution in [1.29, 1.82) is 0 Å². The van der Waals surface area contributed by atoms with E-state index in [1.54, 1.807) is 0 Å². The number of rotatable bonds is 4. The molecular weight excluding hydrogens is 260 g/mol. The van der Waals surface area contributed by atoms with Crippen molar-refractivity contribution in [2.24, 2.45) is 0 Å². The summed E-state index contributed by atoms with van der Waals surface area (Å²) in [7, 11) is 0. The van der Waals surface area contributed by atoms with Crippen LogP contribution >= 0.6 is 0 Å². The molecule has 0 aromatic rings. The van der Waals surface area contributed by atoms with E-state index in [0.717, 1.165) is 6.08 Å². The molecule has 0 saturated carbocycles. The van der Waals surface area contributed by atoms with Gasteiger partial charge in [-0.2, -0.15) is 0 Å². The van der Waals surface area contributed by atoms with E-state index >= 15 is 0 Å². The molecular formula is C10H10N2O7. The standard InChI is InChI=1S/C10H10N2O7/c1-2-5-8(17)11(3-6(13)14)10(19)12(9(5)18)4-7(15)16/h2H,3-4H2,1H3,(H,13,14)(H,15,16). The number of imide groups is 2. The zero-order chi connectivity index (χ0) is 14.7. The summed E-state index contributed by atoms with van der Waals surface area (Å²) in [5.41, 5.74) is -0.443. The van der Waals surface area contributed by atoms with Gasteiger partial charge in [0.15, 0.2) is 0 Å². The third kappa shape index (κ3) is 2.76. The van der Waals surface area contributed by atoms with Crippen LogP contribution < -0.4 is 0 Å². The molecule has 1 heterocycles. The summed E-state index contributed by atoms with van der Waals surface area (Å²) in [5, 5.41) is 17.2. The Labute approximate surface area is 106 Å². The topological polar surface area (TPSA) is 132 Å². The predicted molar refractivity (Wildman–Crippen MR) is 57.9 cm³/mol. The van der Waals surface area contributed by atoms with E-state index in [1.807, 2.05) is 0 Å². The number of carboxylic acid groups (broad SMARTS) is 2. The number of urea groups is 1. The summed E-state index contributed by atoms with van der Waals surface area (Å²) in [6, 6.07) is -1.26. The molecule has 0 unspecified atom stereocenters. The minimum absolute atomic E-state index is 0.308. The van der Waals surface area contributed by atoms with Crippen LogP contribution in [-0.2, 0) is 19.2 Å². The normalized spacial score (nSPS) is 15.8. The van der Waals surface area contributed by atoms with Gasteiger partial charge in [-0.3, -0.25) is 19.2 Å². The van der Waals surface area contributed by atoms with Gasteiger partial charge in [0.25, 0.3) is 11.8 Å². The molecule has 4 amide bonds. The van der Waals surface area contributed by atoms with Crippen LogP contribution in [0.4, 0.5) is 4.79 Å². The van der Waals surface area contributed by atoms with Gasteiger partial charge in [-0.05, 0) is 6.92 Å². The first-order valence-corrected chi connectivity index (χ1v) is 5.07. The smallest absolute Gasteiger partial charge is 0.335 e. The Morgan fingerprint density at radius 2 is 1.37 bits per heavy atom. The lowest BCUT2D eigenvalue weighted by molar-refractivity contribution is -0.147. The molecule has 0 spiro atoms. The first kappa shape index (κ1) is 14.4. The molecule has 0 aromatic heterocycles. The van der Waals surface area contributed by atoms with Crippen molar-refractivity contribution >= 4 is 29.8 Å². The van der Waals surface area contributed by atoms with E-state index in [1.165, 1.54) is 6.92 Å². The largest absolute Gasteiger partial charge is 0.480 e. The molecule has 19 heavy (non-hydrogen) atoms. The number of aliphatic carboxylic acids is 2. The second-order valence-electron chi connectivity index (χ2n) is 3.55. The molecule has 0 aliphatic carbocycles. The SMILES string of the molecule is CC=C1C(=O)N(CC(=O)O)C(=O)N(CC(=O)O)C1=O. The minimum Gasteiger partial charge on any atom is -0.480 e. The van der Waals surface area contributed by atoms with Crippen molar-refractivity contribution < 1.29 is 34.2 Å². The van der Waals surface area contributed by atoms with Crippen molar-refractivity contribution in [3.05, 3.63) is 11.6 Å². The van der Waals surface area contributed by atoms with Crippen molar-refractivity contribution in [2.45, 2.75) is 6.92 Å². The molecule has 9 heteroatoms. The Morgan fingerprint density at radius 3 is 1.63 bits per heavy atom. The van der Waals surface area contributed by atoms with Gasteiger partial charge in [0.1, 0.15) is 18.7 Å². The summed E-state index contributed by atoms with van der Waals surface area (Å²) in [6.45, 7) is -0.546. The number of amides is 4. The zero-order valence-corrected chi connectivity index (χ0v) is 9.82. The van der Waals surface area contributed by atoms with Crippen LogP contribution in [0.1, 0.15) is 6.92 Å². The van der Waals surface area contributed by atoms with Crippen LogP contribution in [0.2, 0.25) is 0 Å². The molecule has 1 rings (SSSR count). The Hall–Kier alpha value is -2.71. The number of barbiturate groups is 1. The maximum absolute atomic E-state index is 11.7. The molecule has 1 fully saturated rings. The average Bonchev–Trinajstić information content (AvgIpc) is 2.30. The zero-order valence-electron chi connectivity index (χ0n) is 9.82. The monoisotopic (exact) mass is 270 g/mol. The molecule has 102 valence electrons. The highest BCUT2D eigenvalue weighted by atomic mass is 16.4. The van der Waals surface area contributed by atoms with Gasteiger partial charge in [0.2, 0.25) is 0 Å². The van der Waals surface area contributed by atoms with Crippen LogP contribution in [0.15, 0.2) is 11.6 Å². The molecule has 1 saturated heterocycles. The fourth-order valence-electron chi connectivity index (χ4n) is 1.50. The number of hydrogen-bond acceptors (Lipinski definition) is 5. The number of nitrogens with zero attached hydrogens (tertiary/aromatic N) is 2. The van der Waals surface area contributed by atoms with E-state index in [2.05, 4.69) is 0 Å². The molecule has 0 aromatic carbocycles. The van der Waals surface area contributed by atoms with E-state index in [9.17, 15) is 24.0 Å². The highest BCUT2D eigenvalue weighted by molar-refractivity contribution is 6.29. The highest BCUT2D eigenvalue weighted by Gasteiger charge is 2.43. The molecule has 2 N–H and O–H groups in total. The number of hydrogen-bond donors (Lipinski definition) is 2. The summed E-state index contributed by atoms with van der Waals surface area (Å²) in [4.78, 5) is 57.0. The van der Waals surface area contributed by atoms with E-state index in [0.29, 0.717) is 9.80 Å². The van der Waals surface area contributed by atoms with Crippen molar-refractivity contribution in [1.82, 2.24) is 9.80 Å². The Bertz CT molecular complexity index is 468. The van der Waals surface area contributed by atoms with Gasteiger partial charge >= 0.3 is 18.0 Å². The fourth-order valence-corrected chi connectivity index (χ4v) is 1.50. The fraction of sp³-hybridized carbons (Fsp3) is 0.300. The Kier molecular flexibility index (Phi) is 4.00. The highest BCUT2D eigenvalue weighted by Crippen LogP contribution is 2.16. The molecule has 1 aliphatic heterocycles. The number of carbonyl (C=O) groups excluding carboxylic acids is 3. The lowest BCUT2D eigenvalue weighted by Crippen LogP contribution is -2.58. The van der Waals surface area contributed by atoms with Crippen LogP contribution in [0.25, 0.3) is 0 Å². The lowest BCUT2D eigenvalue weighted by atomic mass is 10.1. The molecule has 9 nitrogen and oxygen atoms in total. The number of allylic oxidation sites excluding steroid dienone is 1. The minimum atomic E-state index is -1.46. The van der Waals surface area contributed by atoms with Gasteiger partial charge in [0, 0.05) is 0 Å². The average molecular weight is 270 g/mol. The second kappa shape index (κ2) is 5.29. The van der Waals surface area contributed by atoms with Crippen molar-refractivity contribution in [3.8, 4) is 0 Å². The van der Waals surface area contributed by atoms with Crippen LogP contribution in [0.5, 0.6) is 0 Å². The van der Waals surface area contributed by atoms with Crippen LogP contribution in [0, 0.1) is 0 Å². The molecule has 0 atom stereocenters. The van der Waals surface area contributed by atoms with Crippen molar-refractivity contribution in [3.63, 3.8) is 0 Å². The summed E-state index contributed by atoms with van der Waals surface area (Å²) >= 11 is 0. The quantitative estimate of drug-likeness (QED) is 0.489. The summed E-state index contributed by atoms with van der Waals surface area (Å²) < 4.78 is 0. The van der Waals surface area contributed by atoms with E-state index in [4.69, 9.17) is 10.2 Å². The van der Waals surface area contributed by atoms with Crippen molar-refractivity contribution in [2.75, 3.05) is 13.1 Å². The molecule has 1 aliphatic rings. The lowest BCUT2D eigenvalue weighted by Gasteiger charge is -2.31. The van der Waals surface area contributed by atoms with Gasteiger partial charge in [-0.1, -0.05) is 6.08 Å². The third-order valence-electron chi connectivity index (χ3n) is 2.29. The number of carbonyl (C=O) groups is 5. The maximum atomic E-state index is 11.7. The van der Waals surface area contributed by atoms with Gasteiger partial charge in [0.05, 0.1) is 0 Å². The van der Waals surface area contributed by atoms with E-state index in [-0.39, 0.29) is 0 Å². The maximum Gasteiger partial charge on any atom is 0.335 e. The molecule has 0 radical (unpaired) electrons.